The quantitative estimate of drug-likeness (QED) is 0.510. The van der Waals surface area contributed by atoms with Gasteiger partial charge in [-0.15, -0.1) is 0 Å². The van der Waals surface area contributed by atoms with Crippen LogP contribution in [0.25, 0.3) is 33.3 Å². The summed E-state index contributed by atoms with van der Waals surface area (Å²) < 4.78 is 20.6. The van der Waals surface area contributed by atoms with Gasteiger partial charge in [-0.3, -0.25) is 0 Å². The van der Waals surface area contributed by atoms with Crippen LogP contribution in [0.1, 0.15) is 19.8 Å². The van der Waals surface area contributed by atoms with Gasteiger partial charge in [0.1, 0.15) is 10.9 Å². The summed E-state index contributed by atoms with van der Waals surface area (Å²) in [7, 11) is 0. The van der Waals surface area contributed by atoms with Crippen molar-refractivity contribution in [3.8, 4) is 11.3 Å². The molecular formula is C22H23N5O2S. The monoisotopic (exact) mass is 421 g/mol. The van der Waals surface area contributed by atoms with Crippen molar-refractivity contribution >= 4 is 39.1 Å². The molecule has 0 amide bonds. The van der Waals surface area contributed by atoms with Crippen LogP contribution in [0.15, 0.2) is 42.9 Å². The van der Waals surface area contributed by atoms with Gasteiger partial charge in [-0.25, -0.2) is 9.97 Å². The highest BCUT2D eigenvalue weighted by molar-refractivity contribution is 7.91. The van der Waals surface area contributed by atoms with Gasteiger partial charge in [-0.05, 0) is 31.2 Å². The Balaban J connectivity index is 1.59. The van der Waals surface area contributed by atoms with E-state index in [0.717, 1.165) is 58.4 Å². The SMILES string of the molecule is CC1COCCN1c1cc(-c2ccnc3[nH]ccc23)nc2c1ccn2[S+]([O-])C1CC1. The maximum atomic E-state index is 13.0. The molecule has 1 N–H and O–H groups in total. The fraction of sp³-hybridized carbons (Fsp3) is 0.364. The lowest BCUT2D eigenvalue weighted by molar-refractivity contribution is 0.0991. The first-order valence-electron chi connectivity index (χ1n) is 10.4. The predicted molar refractivity (Wildman–Crippen MR) is 119 cm³/mol. The molecule has 0 aromatic carbocycles. The Morgan fingerprint density at radius 3 is 2.97 bits per heavy atom. The zero-order valence-electron chi connectivity index (χ0n) is 16.7. The number of aromatic amines is 1. The first-order chi connectivity index (χ1) is 14.7. The number of hydrogen-bond acceptors (Lipinski definition) is 5. The Bertz CT molecular complexity index is 1230. The van der Waals surface area contributed by atoms with E-state index in [1.807, 2.05) is 28.5 Å². The van der Waals surface area contributed by atoms with E-state index in [0.29, 0.717) is 13.2 Å². The summed E-state index contributed by atoms with van der Waals surface area (Å²) in [5, 5.41) is 2.32. The average Bonchev–Trinajstić information content (AvgIpc) is 3.35. The second-order valence-corrected chi connectivity index (χ2v) is 9.71. The molecule has 5 heterocycles. The molecular weight excluding hydrogens is 398 g/mol. The number of aromatic nitrogens is 4. The molecule has 2 fully saturated rings. The molecule has 154 valence electrons. The van der Waals surface area contributed by atoms with Crippen molar-refractivity contribution < 1.29 is 9.29 Å². The highest BCUT2D eigenvalue weighted by Crippen LogP contribution is 2.38. The van der Waals surface area contributed by atoms with E-state index in [1.54, 1.807) is 6.20 Å². The number of fused-ring (bicyclic) bond motifs is 2. The van der Waals surface area contributed by atoms with Crippen LogP contribution < -0.4 is 4.90 Å². The number of pyridine rings is 2. The number of morpholine rings is 1. The van der Waals surface area contributed by atoms with Gasteiger partial charge in [0.25, 0.3) is 0 Å². The predicted octanol–water partition coefficient (Wildman–Crippen LogP) is 3.48. The minimum atomic E-state index is -1.08. The van der Waals surface area contributed by atoms with Crippen molar-refractivity contribution in [3.63, 3.8) is 0 Å². The minimum absolute atomic E-state index is 0.245. The molecule has 4 aromatic rings. The van der Waals surface area contributed by atoms with Gasteiger partial charge >= 0.3 is 0 Å². The zero-order valence-corrected chi connectivity index (χ0v) is 17.6. The highest BCUT2D eigenvalue weighted by atomic mass is 32.2. The van der Waals surface area contributed by atoms with Gasteiger partial charge in [0, 0.05) is 54.2 Å². The van der Waals surface area contributed by atoms with Gasteiger partial charge in [0.05, 0.1) is 42.2 Å². The molecule has 0 bridgehead atoms. The zero-order chi connectivity index (χ0) is 20.2. The first kappa shape index (κ1) is 18.2. The number of ether oxygens (including phenoxy) is 1. The van der Waals surface area contributed by atoms with Crippen molar-refractivity contribution in [2.75, 3.05) is 24.7 Å². The molecule has 1 saturated carbocycles. The highest BCUT2D eigenvalue weighted by Gasteiger charge is 2.37. The van der Waals surface area contributed by atoms with Crippen LogP contribution in [-0.2, 0) is 16.1 Å². The average molecular weight is 422 g/mol. The molecule has 30 heavy (non-hydrogen) atoms. The number of anilines is 1. The van der Waals surface area contributed by atoms with Crippen LogP contribution in [0.5, 0.6) is 0 Å². The summed E-state index contributed by atoms with van der Waals surface area (Å²) in [6, 6.07) is 8.52. The summed E-state index contributed by atoms with van der Waals surface area (Å²) in [6.45, 7) is 4.41. The number of nitrogens with one attached hydrogen (secondary N) is 1. The molecule has 2 aliphatic rings. The molecule has 7 nitrogen and oxygen atoms in total. The lowest BCUT2D eigenvalue weighted by Gasteiger charge is -2.35. The van der Waals surface area contributed by atoms with Gasteiger partial charge in [-0.2, -0.15) is 3.97 Å². The lowest BCUT2D eigenvalue weighted by Crippen LogP contribution is -2.43. The fourth-order valence-corrected chi connectivity index (χ4v) is 5.64. The van der Waals surface area contributed by atoms with Crippen LogP contribution in [0.2, 0.25) is 0 Å². The molecule has 2 atom stereocenters. The van der Waals surface area contributed by atoms with Gasteiger partial charge in [0.2, 0.25) is 0 Å². The van der Waals surface area contributed by atoms with E-state index in [1.165, 1.54) is 0 Å². The Morgan fingerprint density at radius 2 is 2.13 bits per heavy atom. The summed E-state index contributed by atoms with van der Waals surface area (Å²) in [5.41, 5.74) is 4.64. The van der Waals surface area contributed by atoms with Crippen LogP contribution in [0.3, 0.4) is 0 Å². The molecule has 1 saturated heterocycles. The Morgan fingerprint density at radius 1 is 1.23 bits per heavy atom. The van der Waals surface area contributed by atoms with Crippen molar-refractivity contribution in [2.45, 2.75) is 31.1 Å². The van der Waals surface area contributed by atoms with Crippen LogP contribution >= 0.6 is 0 Å². The Labute approximate surface area is 177 Å². The Kier molecular flexibility index (Phi) is 4.26. The smallest absolute Gasteiger partial charge is 0.188 e. The van der Waals surface area contributed by atoms with Gasteiger partial charge < -0.3 is 19.2 Å². The first-order valence-corrected chi connectivity index (χ1v) is 11.6. The third-order valence-corrected chi connectivity index (χ3v) is 7.74. The third-order valence-electron chi connectivity index (χ3n) is 6.02. The van der Waals surface area contributed by atoms with E-state index in [2.05, 4.69) is 33.9 Å². The molecule has 4 aromatic heterocycles. The standard InChI is InChI=1S/C22H23N5O2S/c1-14-13-29-11-10-26(14)20-12-19(16-4-7-23-21-17(16)5-8-24-21)25-22-18(20)6-9-27(22)30(28)15-2-3-15/h4-9,12,14-15H,2-3,10-11,13H2,1H3,(H,23,24). The van der Waals surface area contributed by atoms with Crippen molar-refractivity contribution in [3.05, 3.63) is 42.9 Å². The second kappa shape index (κ2) is 7.01. The largest absolute Gasteiger partial charge is 0.592 e. The van der Waals surface area contributed by atoms with Gasteiger partial charge in [0.15, 0.2) is 5.65 Å². The minimum Gasteiger partial charge on any atom is -0.592 e. The summed E-state index contributed by atoms with van der Waals surface area (Å²) in [4.78, 5) is 15.0. The lowest BCUT2D eigenvalue weighted by atomic mass is 10.1. The molecule has 8 heteroatoms. The maximum Gasteiger partial charge on any atom is 0.188 e. The molecule has 0 spiro atoms. The van der Waals surface area contributed by atoms with Crippen LogP contribution in [0.4, 0.5) is 5.69 Å². The molecule has 0 radical (unpaired) electrons. The normalized spacial score (nSPS) is 20.9. The van der Waals surface area contributed by atoms with Crippen molar-refractivity contribution in [2.24, 2.45) is 0 Å². The van der Waals surface area contributed by atoms with E-state index in [-0.39, 0.29) is 11.3 Å². The number of hydrogen-bond donors (Lipinski definition) is 1. The van der Waals surface area contributed by atoms with Crippen LogP contribution in [0, 0.1) is 0 Å². The maximum absolute atomic E-state index is 13.0. The van der Waals surface area contributed by atoms with E-state index >= 15 is 0 Å². The third kappa shape index (κ3) is 2.90. The number of H-pyrrole nitrogens is 1. The molecule has 1 aliphatic heterocycles. The molecule has 6 rings (SSSR count). The molecule has 2 unspecified atom stereocenters. The topological polar surface area (TPSA) is 82.0 Å². The number of rotatable bonds is 4. The Hall–Kier alpha value is -2.55. The number of nitrogens with zero attached hydrogens (tertiary/aromatic N) is 4. The van der Waals surface area contributed by atoms with Gasteiger partial charge in [-0.1, -0.05) is 0 Å². The van der Waals surface area contributed by atoms with Crippen molar-refractivity contribution in [1.29, 1.82) is 0 Å². The summed E-state index contributed by atoms with van der Waals surface area (Å²) in [5.74, 6) is 0. The van der Waals surface area contributed by atoms with Crippen molar-refractivity contribution in [1.82, 2.24) is 18.9 Å². The van der Waals surface area contributed by atoms with E-state index in [9.17, 15) is 4.55 Å². The summed E-state index contributed by atoms with van der Waals surface area (Å²) >= 11 is -1.08. The second-order valence-electron chi connectivity index (χ2n) is 8.10. The van der Waals surface area contributed by atoms with E-state index < -0.39 is 11.4 Å². The summed E-state index contributed by atoms with van der Waals surface area (Å²) in [6.07, 6.45) is 7.68. The van der Waals surface area contributed by atoms with Crippen LogP contribution in [-0.4, -0.2) is 54.5 Å². The molecule has 1 aliphatic carbocycles. The fourth-order valence-electron chi connectivity index (χ4n) is 4.29. The van der Waals surface area contributed by atoms with E-state index in [4.69, 9.17) is 9.72 Å².